The summed E-state index contributed by atoms with van der Waals surface area (Å²) >= 11 is 0. The molecule has 38 heavy (non-hydrogen) atoms. The van der Waals surface area contributed by atoms with Crippen LogP contribution in [0.25, 0.3) is 11.0 Å². The number of carboxylic acid groups (broad SMARTS) is 1. The molecule has 0 radical (unpaired) electrons. The summed E-state index contributed by atoms with van der Waals surface area (Å²) in [5, 5.41) is 20.3. The summed E-state index contributed by atoms with van der Waals surface area (Å²) in [5.41, 5.74) is 8.27. The molecule has 5 N–H and O–H groups in total. The number of amides is 1. The molecule has 0 saturated heterocycles. The van der Waals surface area contributed by atoms with E-state index >= 15 is 0 Å². The van der Waals surface area contributed by atoms with Crippen molar-refractivity contribution < 1.29 is 14.7 Å². The molecular weight excluding hydrogens is 508 g/mol. The monoisotopic (exact) mass is 538 g/mol. The first-order valence-corrected chi connectivity index (χ1v) is 12.5. The number of fused-ring (bicyclic) bond motifs is 1. The van der Waals surface area contributed by atoms with Crippen molar-refractivity contribution in [2.24, 2.45) is 24.6 Å². The van der Waals surface area contributed by atoms with Crippen molar-refractivity contribution in [1.82, 2.24) is 19.9 Å². The number of hydrogen-bond acceptors (Lipinski definition) is 6. The number of aliphatic carboxylic acids is 1. The van der Waals surface area contributed by atoms with Crippen molar-refractivity contribution in [1.29, 1.82) is 5.41 Å². The van der Waals surface area contributed by atoms with Crippen molar-refractivity contribution in [3.63, 3.8) is 0 Å². The number of nitrogens with zero attached hydrogens (tertiary/aromatic N) is 3. The Bertz CT molecular complexity index is 1460. The van der Waals surface area contributed by atoms with Gasteiger partial charge in [0.15, 0.2) is 0 Å². The van der Waals surface area contributed by atoms with Gasteiger partial charge in [-0.05, 0) is 60.9 Å². The topological polar surface area (TPSA) is 164 Å². The number of amidine groups is 1. The number of carbonyl (C=O) groups is 2. The highest BCUT2D eigenvalue weighted by Gasteiger charge is 2.48. The maximum atomic E-state index is 13.1. The Hall–Kier alpha value is -3.79. The van der Waals surface area contributed by atoms with Gasteiger partial charge in [0, 0.05) is 19.7 Å². The van der Waals surface area contributed by atoms with Gasteiger partial charge in [0.2, 0.25) is 5.91 Å². The molecule has 2 fully saturated rings. The number of carbonyl (C=O) groups excluding carboxylic acids is 1. The van der Waals surface area contributed by atoms with Crippen LogP contribution in [0.15, 0.2) is 41.3 Å². The van der Waals surface area contributed by atoms with Crippen molar-refractivity contribution in [3.8, 4) is 0 Å². The summed E-state index contributed by atoms with van der Waals surface area (Å²) in [6.07, 6.45) is 6.73. The number of pyridine rings is 1. The third-order valence-corrected chi connectivity index (χ3v) is 7.70. The van der Waals surface area contributed by atoms with E-state index in [4.69, 9.17) is 11.1 Å². The Kier molecular flexibility index (Phi) is 7.55. The lowest BCUT2D eigenvalue weighted by Gasteiger charge is -2.24. The van der Waals surface area contributed by atoms with Crippen LogP contribution in [0, 0.1) is 17.2 Å². The Morgan fingerprint density at radius 2 is 1.95 bits per heavy atom. The van der Waals surface area contributed by atoms with Gasteiger partial charge in [-0.2, -0.15) is 0 Å². The highest BCUT2D eigenvalue weighted by molar-refractivity contribution is 5.98. The van der Waals surface area contributed by atoms with Crippen LogP contribution >= 0.6 is 12.4 Å². The Morgan fingerprint density at radius 3 is 2.53 bits per heavy atom. The summed E-state index contributed by atoms with van der Waals surface area (Å²) in [6.45, 7) is 0. The van der Waals surface area contributed by atoms with Crippen molar-refractivity contribution in [2.45, 2.75) is 50.5 Å². The molecule has 0 spiro atoms. The predicted molar refractivity (Wildman–Crippen MR) is 144 cm³/mol. The van der Waals surface area contributed by atoms with Gasteiger partial charge in [-0.25, -0.2) is 4.98 Å². The van der Waals surface area contributed by atoms with E-state index < -0.39 is 23.3 Å². The number of nitrogens with two attached hydrogens (primary N) is 1. The van der Waals surface area contributed by atoms with E-state index in [0.717, 1.165) is 36.8 Å². The second-order valence-electron chi connectivity index (χ2n) is 10.2. The third-order valence-electron chi connectivity index (χ3n) is 7.70. The average Bonchev–Trinajstić information content (AvgIpc) is 3.45. The third kappa shape index (κ3) is 5.13. The van der Waals surface area contributed by atoms with E-state index in [-0.39, 0.29) is 36.1 Å². The van der Waals surface area contributed by atoms with Gasteiger partial charge in [-0.15, -0.1) is 12.4 Å². The fourth-order valence-electron chi connectivity index (χ4n) is 5.43. The second-order valence-corrected chi connectivity index (χ2v) is 10.2. The second kappa shape index (κ2) is 10.5. The lowest BCUT2D eigenvalue weighted by molar-refractivity contribution is -0.149. The highest BCUT2D eigenvalue weighted by Crippen LogP contribution is 2.46. The van der Waals surface area contributed by atoms with Crippen LogP contribution in [-0.4, -0.2) is 37.4 Å². The maximum absolute atomic E-state index is 13.1. The lowest BCUT2D eigenvalue weighted by atomic mass is 9.89. The first-order valence-electron chi connectivity index (χ1n) is 12.5. The molecule has 1 amide bonds. The SMILES string of the molecule is Cl.Cn1c(=O)c(Cc2ccc(C(=N)N)nc2)nc2cc(C3(NC(=O)C(C(=O)O)C4CCCC4)CC3)ccc21. The molecule has 0 aliphatic heterocycles. The molecule has 1 unspecified atom stereocenters. The zero-order chi connectivity index (χ0) is 26.3. The predicted octanol–water partition coefficient (Wildman–Crippen LogP) is 2.62. The molecule has 3 aromatic rings. The molecule has 2 aromatic heterocycles. The van der Waals surface area contributed by atoms with E-state index in [9.17, 15) is 19.5 Å². The summed E-state index contributed by atoms with van der Waals surface area (Å²) in [7, 11) is 1.69. The summed E-state index contributed by atoms with van der Waals surface area (Å²) in [4.78, 5) is 46.8. The summed E-state index contributed by atoms with van der Waals surface area (Å²) in [6, 6.07) is 8.99. The number of aromatic nitrogens is 3. The molecule has 0 bridgehead atoms. The summed E-state index contributed by atoms with van der Waals surface area (Å²) < 4.78 is 1.55. The average molecular weight is 539 g/mol. The number of nitrogen functional groups attached to an aromatic ring is 1. The molecule has 2 saturated carbocycles. The molecule has 1 aromatic carbocycles. The van der Waals surface area contributed by atoms with E-state index in [1.165, 1.54) is 0 Å². The first-order chi connectivity index (χ1) is 17.7. The van der Waals surface area contributed by atoms with Crippen LogP contribution in [0.5, 0.6) is 0 Å². The number of nitrogens with one attached hydrogen (secondary N) is 2. The molecule has 200 valence electrons. The van der Waals surface area contributed by atoms with Crippen LogP contribution in [0.2, 0.25) is 0 Å². The fraction of sp³-hybridized carbons (Fsp3) is 0.407. The minimum Gasteiger partial charge on any atom is -0.481 e. The quantitative estimate of drug-likeness (QED) is 0.194. The molecule has 2 heterocycles. The Balaban J connectivity index is 0.00000336. The molecule has 5 rings (SSSR count). The zero-order valence-electron chi connectivity index (χ0n) is 21.1. The van der Waals surface area contributed by atoms with Gasteiger partial charge in [0.25, 0.3) is 5.56 Å². The van der Waals surface area contributed by atoms with Gasteiger partial charge < -0.3 is 20.7 Å². The molecule has 11 heteroatoms. The fourth-order valence-corrected chi connectivity index (χ4v) is 5.43. The number of halogens is 1. The first kappa shape index (κ1) is 27.3. The van der Waals surface area contributed by atoms with E-state index in [2.05, 4.69) is 15.3 Å². The standard InChI is InChI=1S/C27H30N6O4.ClH/c1-33-21-9-7-17(27(10-11-27)32-24(34)22(26(36)37)16-4-2-3-5-16)13-19(21)31-20(25(33)35)12-15-6-8-18(23(28)29)30-14-15;/h6-9,13-14,16,22H,2-5,10-12H2,1H3,(H3,28,29)(H,32,34)(H,36,37);1H. The van der Waals surface area contributed by atoms with Gasteiger partial charge in [-0.1, -0.05) is 25.0 Å². The lowest BCUT2D eigenvalue weighted by Crippen LogP contribution is -2.44. The van der Waals surface area contributed by atoms with Crippen LogP contribution in [0.4, 0.5) is 0 Å². The molecule has 1 atom stereocenters. The van der Waals surface area contributed by atoms with Crippen LogP contribution in [0.3, 0.4) is 0 Å². The van der Waals surface area contributed by atoms with Crippen LogP contribution in [0.1, 0.15) is 61.0 Å². The maximum Gasteiger partial charge on any atom is 0.316 e. The van der Waals surface area contributed by atoms with Crippen LogP contribution in [-0.2, 0) is 28.6 Å². The van der Waals surface area contributed by atoms with Gasteiger partial charge in [0.05, 0.1) is 16.6 Å². The zero-order valence-corrected chi connectivity index (χ0v) is 21.9. The molecular formula is C27H31ClN6O4. The minimum absolute atomic E-state index is 0. The summed E-state index contributed by atoms with van der Waals surface area (Å²) in [5.74, 6) is -2.77. The number of benzene rings is 1. The van der Waals surface area contributed by atoms with Crippen LogP contribution < -0.4 is 16.6 Å². The van der Waals surface area contributed by atoms with Crippen molar-refractivity contribution >= 4 is 41.2 Å². The number of aryl methyl sites for hydroxylation is 1. The number of hydrogen-bond donors (Lipinski definition) is 4. The number of rotatable bonds is 8. The minimum atomic E-state index is -1.06. The van der Waals surface area contributed by atoms with E-state index in [1.807, 2.05) is 18.2 Å². The van der Waals surface area contributed by atoms with Crippen molar-refractivity contribution in [2.75, 3.05) is 0 Å². The molecule has 10 nitrogen and oxygen atoms in total. The molecule has 2 aliphatic carbocycles. The molecule has 2 aliphatic rings. The van der Waals surface area contributed by atoms with Gasteiger partial charge >= 0.3 is 5.97 Å². The number of carboxylic acids is 1. The van der Waals surface area contributed by atoms with E-state index in [1.54, 1.807) is 29.9 Å². The Labute approximate surface area is 225 Å². The van der Waals surface area contributed by atoms with Crippen molar-refractivity contribution in [3.05, 3.63) is 69.4 Å². The normalized spacial score (nSPS) is 17.0. The van der Waals surface area contributed by atoms with Gasteiger partial charge in [0.1, 0.15) is 23.1 Å². The highest BCUT2D eigenvalue weighted by atomic mass is 35.5. The van der Waals surface area contributed by atoms with E-state index in [0.29, 0.717) is 35.3 Å². The Morgan fingerprint density at radius 1 is 1.24 bits per heavy atom. The van der Waals surface area contributed by atoms with Gasteiger partial charge in [-0.3, -0.25) is 24.8 Å². The largest absolute Gasteiger partial charge is 0.481 e. The smallest absolute Gasteiger partial charge is 0.316 e.